The Morgan fingerprint density at radius 2 is 1.96 bits per heavy atom. The van der Waals surface area contributed by atoms with Crippen molar-refractivity contribution in [3.8, 4) is 0 Å². The minimum atomic E-state index is -0.568. The number of benzene rings is 1. The molecule has 150 valence electrons. The van der Waals surface area contributed by atoms with E-state index in [2.05, 4.69) is 10.6 Å². The Morgan fingerprint density at radius 3 is 2.52 bits per heavy atom. The van der Waals surface area contributed by atoms with Crippen LogP contribution in [0.3, 0.4) is 0 Å². The predicted molar refractivity (Wildman–Crippen MR) is 107 cm³/mol. The van der Waals surface area contributed by atoms with Gasteiger partial charge in [0.1, 0.15) is 5.82 Å². The molecule has 2 aliphatic heterocycles. The van der Waals surface area contributed by atoms with Crippen molar-refractivity contribution in [1.82, 2.24) is 10.2 Å². The van der Waals surface area contributed by atoms with Crippen molar-refractivity contribution < 1.29 is 14.0 Å². The summed E-state index contributed by atoms with van der Waals surface area (Å²) in [5.74, 6) is -0.716. The molecule has 0 unspecified atom stereocenters. The van der Waals surface area contributed by atoms with Gasteiger partial charge in [-0.1, -0.05) is 13.8 Å². The third-order valence-electron chi connectivity index (χ3n) is 5.53. The van der Waals surface area contributed by atoms with Gasteiger partial charge in [-0.2, -0.15) is 0 Å². The lowest BCUT2D eigenvalue weighted by Gasteiger charge is -2.38. The molecule has 0 radical (unpaired) electrons. The molecule has 0 aromatic heterocycles. The summed E-state index contributed by atoms with van der Waals surface area (Å²) in [4.78, 5) is 26.3. The molecule has 0 bridgehead atoms. The zero-order chi connectivity index (χ0) is 18.7. The van der Waals surface area contributed by atoms with Crippen molar-refractivity contribution >= 4 is 29.9 Å². The zero-order valence-corrected chi connectivity index (χ0v) is 16.8. The van der Waals surface area contributed by atoms with Crippen LogP contribution in [0.4, 0.5) is 10.1 Å². The molecule has 2 aliphatic rings. The van der Waals surface area contributed by atoms with Crippen LogP contribution < -0.4 is 10.6 Å². The number of halogens is 2. The molecule has 3 rings (SSSR count). The van der Waals surface area contributed by atoms with Gasteiger partial charge in [-0.25, -0.2) is 4.39 Å². The first-order chi connectivity index (χ1) is 12.4. The van der Waals surface area contributed by atoms with Crippen LogP contribution in [0.25, 0.3) is 0 Å². The number of piperidine rings is 1. The molecule has 2 heterocycles. The summed E-state index contributed by atoms with van der Waals surface area (Å²) in [5, 5.41) is 5.99. The fourth-order valence-electron chi connectivity index (χ4n) is 3.91. The highest BCUT2D eigenvalue weighted by atomic mass is 35.5. The van der Waals surface area contributed by atoms with E-state index in [1.807, 2.05) is 18.7 Å². The SMILES string of the molecule is CC(C)CC(=O)Nc1ccc(C(=O)N2CCC3(CCNC3)CC2)cc1F.Cl. The molecule has 5 nitrogen and oxygen atoms in total. The van der Waals surface area contributed by atoms with Crippen LogP contribution >= 0.6 is 12.4 Å². The topological polar surface area (TPSA) is 61.4 Å². The summed E-state index contributed by atoms with van der Waals surface area (Å²) in [7, 11) is 0. The summed E-state index contributed by atoms with van der Waals surface area (Å²) in [5.41, 5.74) is 0.804. The molecule has 27 heavy (non-hydrogen) atoms. The Bertz CT molecular complexity index is 680. The highest BCUT2D eigenvalue weighted by Gasteiger charge is 2.38. The lowest BCUT2D eigenvalue weighted by atomic mass is 9.78. The van der Waals surface area contributed by atoms with Gasteiger partial charge in [-0.3, -0.25) is 9.59 Å². The van der Waals surface area contributed by atoms with E-state index in [-0.39, 0.29) is 35.8 Å². The van der Waals surface area contributed by atoms with Crippen molar-refractivity contribution in [3.05, 3.63) is 29.6 Å². The average molecular weight is 398 g/mol. The first kappa shape index (κ1) is 21.6. The van der Waals surface area contributed by atoms with E-state index in [0.29, 0.717) is 17.4 Å². The van der Waals surface area contributed by atoms with Gasteiger partial charge >= 0.3 is 0 Å². The molecule has 2 amide bonds. The number of rotatable bonds is 4. The summed E-state index contributed by atoms with van der Waals surface area (Å²) in [6.45, 7) is 7.39. The molecule has 2 saturated heterocycles. The normalized spacial score (nSPS) is 18.4. The molecule has 7 heteroatoms. The Kier molecular flexibility index (Phi) is 7.23. The fourth-order valence-corrected chi connectivity index (χ4v) is 3.91. The molecule has 1 spiro atoms. The number of carbonyl (C=O) groups excluding carboxylic acids is 2. The van der Waals surface area contributed by atoms with Crippen molar-refractivity contribution in [1.29, 1.82) is 0 Å². The second-order valence-electron chi connectivity index (χ2n) is 8.06. The van der Waals surface area contributed by atoms with E-state index < -0.39 is 5.82 Å². The predicted octanol–water partition coefficient (Wildman–Crippen LogP) is 3.45. The van der Waals surface area contributed by atoms with E-state index in [0.717, 1.165) is 39.0 Å². The van der Waals surface area contributed by atoms with E-state index in [1.54, 1.807) is 6.07 Å². The molecule has 0 atom stereocenters. The number of nitrogens with zero attached hydrogens (tertiary/aromatic N) is 1. The van der Waals surface area contributed by atoms with E-state index in [1.165, 1.54) is 18.6 Å². The maximum Gasteiger partial charge on any atom is 0.253 e. The van der Waals surface area contributed by atoms with Crippen molar-refractivity contribution in [2.75, 3.05) is 31.5 Å². The number of hydrogen-bond acceptors (Lipinski definition) is 3. The van der Waals surface area contributed by atoms with Crippen LogP contribution in [0, 0.1) is 17.2 Å². The number of carbonyl (C=O) groups is 2. The molecular weight excluding hydrogens is 369 g/mol. The maximum atomic E-state index is 14.3. The van der Waals surface area contributed by atoms with Gasteiger partial charge in [-0.15, -0.1) is 12.4 Å². The van der Waals surface area contributed by atoms with Gasteiger partial charge in [0.05, 0.1) is 5.69 Å². The summed E-state index contributed by atoms with van der Waals surface area (Å²) < 4.78 is 14.3. The van der Waals surface area contributed by atoms with Crippen LogP contribution in [0.1, 0.15) is 49.9 Å². The zero-order valence-electron chi connectivity index (χ0n) is 16.0. The van der Waals surface area contributed by atoms with E-state index in [9.17, 15) is 14.0 Å². The second-order valence-corrected chi connectivity index (χ2v) is 8.06. The number of anilines is 1. The number of likely N-dealkylation sites (tertiary alicyclic amines) is 1. The van der Waals surface area contributed by atoms with Crippen LogP contribution in [-0.2, 0) is 4.79 Å². The van der Waals surface area contributed by atoms with Crippen LogP contribution in [0.5, 0.6) is 0 Å². The van der Waals surface area contributed by atoms with Crippen molar-refractivity contribution in [3.63, 3.8) is 0 Å². The molecule has 0 saturated carbocycles. The molecule has 2 fully saturated rings. The molecular formula is C20H29ClFN3O2. The summed E-state index contributed by atoms with van der Waals surface area (Å²) in [6.07, 6.45) is 3.51. The third kappa shape index (κ3) is 5.20. The lowest BCUT2D eigenvalue weighted by molar-refractivity contribution is -0.116. The molecule has 0 aliphatic carbocycles. The van der Waals surface area contributed by atoms with Crippen LogP contribution in [0.15, 0.2) is 18.2 Å². The summed E-state index contributed by atoms with van der Waals surface area (Å²) in [6, 6.07) is 4.31. The Balaban J connectivity index is 0.00000261. The average Bonchev–Trinajstić information content (AvgIpc) is 3.04. The van der Waals surface area contributed by atoms with E-state index in [4.69, 9.17) is 0 Å². The van der Waals surface area contributed by atoms with Gasteiger partial charge in [0, 0.05) is 31.6 Å². The van der Waals surface area contributed by atoms with Gasteiger partial charge in [-0.05, 0) is 55.3 Å². The van der Waals surface area contributed by atoms with Gasteiger partial charge in [0.15, 0.2) is 0 Å². The minimum absolute atomic E-state index is 0. The molecule has 1 aromatic rings. The van der Waals surface area contributed by atoms with Gasteiger partial charge < -0.3 is 15.5 Å². The smallest absolute Gasteiger partial charge is 0.253 e. The monoisotopic (exact) mass is 397 g/mol. The molecule has 1 aromatic carbocycles. The Morgan fingerprint density at radius 1 is 1.26 bits per heavy atom. The van der Waals surface area contributed by atoms with Gasteiger partial charge in [0.2, 0.25) is 5.91 Å². The molecule has 2 N–H and O–H groups in total. The number of nitrogens with one attached hydrogen (secondary N) is 2. The number of hydrogen-bond donors (Lipinski definition) is 2. The maximum absolute atomic E-state index is 14.3. The Hall–Kier alpha value is -1.66. The largest absolute Gasteiger partial charge is 0.339 e. The van der Waals surface area contributed by atoms with Gasteiger partial charge in [0.25, 0.3) is 5.91 Å². The third-order valence-corrected chi connectivity index (χ3v) is 5.53. The van der Waals surface area contributed by atoms with Crippen LogP contribution in [-0.4, -0.2) is 42.9 Å². The highest BCUT2D eigenvalue weighted by Crippen LogP contribution is 2.37. The quantitative estimate of drug-likeness (QED) is 0.818. The highest BCUT2D eigenvalue weighted by molar-refractivity contribution is 5.96. The van der Waals surface area contributed by atoms with Crippen molar-refractivity contribution in [2.24, 2.45) is 11.3 Å². The lowest BCUT2D eigenvalue weighted by Crippen LogP contribution is -2.44. The summed E-state index contributed by atoms with van der Waals surface area (Å²) >= 11 is 0. The van der Waals surface area contributed by atoms with Crippen molar-refractivity contribution in [2.45, 2.75) is 39.5 Å². The Labute approximate surface area is 166 Å². The van der Waals surface area contributed by atoms with Crippen LogP contribution in [0.2, 0.25) is 0 Å². The standard InChI is InChI=1S/C20H28FN3O2.ClH/c1-14(2)11-18(25)23-17-4-3-15(12-16(17)21)19(26)24-9-6-20(7-10-24)5-8-22-13-20;/h3-4,12,14,22H,5-11,13H2,1-2H3,(H,23,25);1H. The first-order valence-electron chi connectivity index (χ1n) is 9.48. The van der Waals surface area contributed by atoms with E-state index >= 15 is 0 Å². The number of amides is 2. The second kappa shape index (κ2) is 9.02. The minimum Gasteiger partial charge on any atom is -0.339 e. The first-order valence-corrected chi connectivity index (χ1v) is 9.48. The fraction of sp³-hybridized carbons (Fsp3) is 0.600.